The third-order valence-electron chi connectivity index (χ3n) is 2.38. The van der Waals surface area contributed by atoms with Crippen LogP contribution in [0.3, 0.4) is 0 Å². The molecule has 6 heteroatoms. The van der Waals surface area contributed by atoms with Crippen LogP contribution >= 0.6 is 0 Å². The van der Waals surface area contributed by atoms with E-state index in [1.54, 1.807) is 0 Å². The zero-order valence-electron chi connectivity index (χ0n) is 9.64. The lowest BCUT2D eigenvalue weighted by Crippen LogP contribution is -2.16. The van der Waals surface area contributed by atoms with Crippen LogP contribution in [0.4, 0.5) is 0 Å². The topological polar surface area (TPSA) is 102 Å². The molecule has 0 radical (unpaired) electrons. The van der Waals surface area contributed by atoms with Gasteiger partial charge in [0.1, 0.15) is 17.1 Å². The van der Waals surface area contributed by atoms with Gasteiger partial charge in [-0.25, -0.2) is 4.79 Å². The van der Waals surface area contributed by atoms with Gasteiger partial charge in [0.15, 0.2) is 0 Å². The number of aromatic carboxylic acids is 1. The van der Waals surface area contributed by atoms with E-state index in [2.05, 4.69) is 0 Å². The van der Waals surface area contributed by atoms with Crippen molar-refractivity contribution in [2.24, 2.45) is 5.73 Å². The summed E-state index contributed by atoms with van der Waals surface area (Å²) in [6.45, 7) is -0.304. The molecule has 0 heterocycles. The highest BCUT2D eigenvalue weighted by atomic mass is 16.5. The number of ether oxygens (including phenoxy) is 2. The second-order valence-electron chi connectivity index (χ2n) is 3.39. The molecular weight excluding hydrogens is 226 g/mol. The van der Waals surface area contributed by atoms with Crippen molar-refractivity contribution in [3.63, 3.8) is 0 Å². The van der Waals surface area contributed by atoms with Crippen molar-refractivity contribution in [3.05, 3.63) is 23.3 Å². The van der Waals surface area contributed by atoms with E-state index in [-0.39, 0.29) is 17.9 Å². The highest BCUT2D eigenvalue weighted by Gasteiger charge is 2.19. The quantitative estimate of drug-likeness (QED) is 0.689. The second kappa shape index (κ2) is 5.51. The number of nitrogens with two attached hydrogens (primary N) is 1. The molecule has 0 bridgehead atoms. The Morgan fingerprint density at radius 2 is 1.94 bits per heavy atom. The van der Waals surface area contributed by atoms with Crippen LogP contribution in [0.1, 0.15) is 22.0 Å². The monoisotopic (exact) mass is 241 g/mol. The van der Waals surface area contributed by atoms with Crippen molar-refractivity contribution >= 4 is 5.97 Å². The third kappa shape index (κ3) is 2.66. The van der Waals surface area contributed by atoms with Crippen molar-refractivity contribution in [3.8, 4) is 11.5 Å². The maximum Gasteiger partial charge on any atom is 0.339 e. The number of carbonyl (C=O) groups is 1. The fraction of sp³-hybridized carbons (Fsp3) is 0.364. The van der Waals surface area contributed by atoms with Gasteiger partial charge in [0.05, 0.1) is 26.9 Å². The van der Waals surface area contributed by atoms with Crippen molar-refractivity contribution in [2.75, 3.05) is 20.8 Å². The van der Waals surface area contributed by atoms with Crippen LogP contribution in [0.5, 0.6) is 11.5 Å². The molecule has 94 valence electrons. The molecule has 0 spiro atoms. The molecule has 0 aromatic heterocycles. The average molecular weight is 241 g/mol. The zero-order valence-corrected chi connectivity index (χ0v) is 9.64. The molecule has 0 aliphatic rings. The Bertz CT molecular complexity index is 419. The maximum atomic E-state index is 11.0. The van der Waals surface area contributed by atoms with E-state index >= 15 is 0 Å². The molecule has 0 unspecified atom stereocenters. The van der Waals surface area contributed by atoms with Crippen LogP contribution in [-0.2, 0) is 0 Å². The number of carboxylic acid groups (broad SMARTS) is 1. The summed E-state index contributed by atoms with van der Waals surface area (Å²) in [7, 11) is 2.80. The number of hydrogen-bond donors (Lipinski definition) is 3. The first-order valence-corrected chi connectivity index (χ1v) is 4.90. The van der Waals surface area contributed by atoms with E-state index in [9.17, 15) is 4.79 Å². The molecule has 1 rings (SSSR count). The lowest BCUT2D eigenvalue weighted by molar-refractivity contribution is 0.0693. The Labute approximate surface area is 98.6 Å². The highest BCUT2D eigenvalue weighted by Crippen LogP contribution is 2.32. The molecule has 6 nitrogen and oxygen atoms in total. The number of rotatable bonds is 5. The zero-order chi connectivity index (χ0) is 13.0. The van der Waals surface area contributed by atoms with Gasteiger partial charge in [0.25, 0.3) is 0 Å². The van der Waals surface area contributed by atoms with Gasteiger partial charge in [-0.15, -0.1) is 0 Å². The molecule has 1 aromatic rings. The summed E-state index contributed by atoms with van der Waals surface area (Å²) in [4.78, 5) is 11.0. The summed E-state index contributed by atoms with van der Waals surface area (Å²) in [5, 5.41) is 18.0. The van der Waals surface area contributed by atoms with Crippen LogP contribution in [0, 0.1) is 0 Å². The highest BCUT2D eigenvalue weighted by molar-refractivity contribution is 5.91. The first kappa shape index (κ1) is 13.3. The van der Waals surface area contributed by atoms with Gasteiger partial charge >= 0.3 is 5.97 Å². The van der Waals surface area contributed by atoms with Gasteiger partial charge in [0.2, 0.25) is 0 Å². The first-order valence-electron chi connectivity index (χ1n) is 4.90. The summed E-state index contributed by atoms with van der Waals surface area (Å²) in [5.41, 5.74) is 6.07. The van der Waals surface area contributed by atoms with Crippen molar-refractivity contribution in [2.45, 2.75) is 6.04 Å². The lowest BCUT2D eigenvalue weighted by Gasteiger charge is -2.16. The van der Waals surface area contributed by atoms with Gasteiger partial charge in [-0.05, 0) is 6.07 Å². The van der Waals surface area contributed by atoms with Gasteiger partial charge in [-0.2, -0.15) is 0 Å². The fourth-order valence-electron chi connectivity index (χ4n) is 1.48. The molecule has 0 amide bonds. The summed E-state index contributed by atoms with van der Waals surface area (Å²) >= 11 is 0. The fourth-order valence-corrected chi connectivity index (χ4v) is 1.48. The molecular formula is C11H15NO5. The molecule has 1 aromatic carbocycles. The Balaban J connectivity index is 3.38. The minimum atomic E-state index is -1.13. The Kier molecular flexibility index (Phi) is 4.30. The normalized spacial score (nSPS) is 12.0. The number of hydrogen-bond acceptors (Lipinski definition) is 5. The Morgan fingerprint density at radius 3 is 2.35 bits per heavy atom. The summed E-state index contributed by atoms with van der Waals surface area (Å²) in [5.74, 6) is -0.562. The molecule has 0 aliphatic carbocycles. The van der Waals surface area contributed by atoms with Gasteiger partial charge < -0.3 is 25.4 Å². The summed E-state index contributed by atoms with van der Waals surface area (Å²) < 4.78 is 10.0. The SMILES string of the molecule is COc1cc(OC)c([C@H](N)CO)cc1C(=O)O. The number of methoxy groups -OCH3 is 2. The first-order chi connectivity index (χ1) is 8.04. The maximum absolute atomic E-state index is 11.0. The van der Waals surface area contributed by atoms with Gasteiger partial charge in [0, 0.05) is 11.6 Å². The van der Waals surface area contributed by atoms with E-state index in [1.165, 1.54) is 26.4 Å². The molecule has 4 N–H and O–H groups in total. The number of carboxylic acids is 1. The standard InChI is InChI=1S/C11H15NO5/c1-16-9-4-10(17-2)7(11(14)15)3-6(9)8(12)5-13/h3-4,8,13H,5,12H2,1-2H3,(H,14,15)/t8-/m1/s1. The van der Waals surface area contributed by atoms with Gasteiger partial charge in [-0.1, -0.05) is 0 Å². The minimum absolute atomic E-state index is 0.0211. The lowest BCUT2D eigenvalue weighted by atomic mass is 10.0. The van der Waals surface area contributed by atoms with Crippen LogP contribution in [-0.4, -0.2) is 37.0 Å². The van der Waals surface area contributed by atoms with Crippen LogP contribution < -0.4 is 15.2 Å². The Hall–Kier alpha value is -1.79. The smallest absolute Gasteiger partial charge is 0.339 e. The van der Waals surface area contributed by atoms with E-state index in [1.807, 2.05) is 0 Å². The molecule has 0 fully saturated rings. The molecule has 0 saturated heterocycles. The summed E-state index contributed by atoms with van der Waals surface area (Å²) in [6.07, 6.45) is 0. The van der Waals surface area contributed by atoms with Crippen molar-refractivity contribution in [1.29, 1.82) is 0 Å². The van der Waals surface area contributed by atoms with E-state index < -0.39 is 12.0 Å². The number of aliphatic hydroxyl groups is 1. The van der Waals surface area contributed by atoms with Gasteiger partial charge in [-0.3, -0.25) is 0 Å². The molecule has 17 heavy (non-hydrogen) atoms. The Morgan fingerprint density at radius 1 is 1.35 bits per heavy atom. The van der Waals surface area contributed by atoms with Crippen molar-refractivity contribution < 1.29 is 24.5 Å². The summed E-state index contributed by atoms with van der Waals surface area (Å²) in [6, 6.07) is 2.09. The van der Waals surface area contributed by atoms with E-state index in [0.29, 0.717) is 11.3 Å². The van der Waals surface area contributed by atoms with Crippen LogP contribution in [0.2, 0.25) is 0 Å². The third-order valence-corrected chi connectivity index (χ3v) is 2.38. The molecule has 1 atom stereocenters. The number of benzene rings is 1. The molecule has 0 saturated carbocycles. The minimum Gasteiger partial charge on any atom is -0.496 e. The predicted octanol–water partition coefficient (Wildman–Crippen LogP) is 0.394. The number of aliphatic hydroxyl groups excluding tert-OH is 1. The van der Waals surface area contributed by atoms with Crippen molar-refractivity contribution in [1.82, 2.24) is 0 Å². The second-order valence-corrected chi connectivity index (χ2v) is 3.39. The molecule has 0 aliphatic heterocycles. The largest absolute Gasteiger partial charge is 0.496 e. The van der Waals surface area contributed by atoms with E-state index in [0.717, 1.165) is 0 Å². The predicted molar refractivity (Wildman–Crippen MR) is 60.5 cm³/mol. The van der Waals surface area contributed by atoms with E-state index in [4.69, 9.17) is 25.4 Å². The van der Waals surface area contributed by atoms with Crippen LogP contribution in [0.15, 0.2) is 12.1 Å². The average Bonchev–Trinajstić information content (AvgIpc) is 2.35. The van der Waals surface area contributed by atoms with Crippen LogP contribution in [0.25, 0.3) is 0 Å².